The van der Waals surface area contributed by atoms with E-state index >= 15 is 0 Å². The van der Waals surface area contributed by atoms with Crippen LogP contribution in [0, 0.1) is 5.82 Å². The molecular weight excluding hydrogens is 447 g/mol. The molecule has 4 aromatic rings. The van der Waals surface area contributed by atoms with Gasteiger partial charge in [-0.25, -0.2) is 9.18 Å². The van der Waals surface area contributed by atoms with Gasteiger partial charge in [-0.2, -0.15) is 0 Å². The molecule has 3 aromatic carbocycles. The Hall–Kier alpha value is -3.90. The van der Waals surface area contributed by atoms with Gasteiger partial charge in [0, 0.05) is 17.7 Å². The highest BCUT2D eigenvalue weighted by atomic mass is 35.5. The topological polar surface area (TPSA) is 65.7 Å². The lowest BCUT2D eigenvalue weighted by Crippen LogP contribution is -2.07. The van der Waals surface area contributed by atoms with E-state index in [0.717, 1.165) is 18.1 Å². The van der Waals surface area contributed by atoms with Crippen molar-refractivity contribution in [1.82, 2.24) is 0 Å². The third-order valence-electron chi connectivity index (χ3n) is 4.89. The molecule has 0 saturated carbocycles. The van der Waals surface area contributed by atoms with Crippen LogP contribution in [0.1, 0.15) is 18.1 Å². The van der Waals surface area contributed by atoms with Gasteiger partial charge in [0.05, 0.1) is 10.4 Å². The molecule has 4 rings (SSSR count). The molecule has 0 aliphatic carbocycles. The molecule has 7 heteroatoms. The van der Waals surface area contributed by atoms with E-state index in [1.54, 1.807) is 6.07 Å². The minimum atomic E-state index is -0.743. The second-order valence-corrected chi connectivity index (χ2v) is 7.45. The summed E-state index contributed by atoms with van der Waals surface area (Å²) >= 11 is 5.94. The molecule has 1 aromatic heterocycles. The first-order valence-corrected chi connectivity index (χ1v) is 10.5. The Balaban J connectivity index is 1.54. The standard InChI is InChI=1S/C26H18ClFO5/c1-2-16-6-3-4-9-22(16)33-24-15-31-23-14-17(10-11-19(23)26(24)30)32-25(29)13-12-18-20(27)7-5-8-21(18)28/h3-15H,2H2,1H3. The van der Waals surface area contributed by atoms with Crippen LogP contribution in [0.15, 0.2) is 82.2 Å². The molecule has 33 heavy (non-hydrogen) atoms. The minimum Gasteiger partial charge on any atom is -0.460 e. The number of aryl methyl sites for hydroxylation is 1. The number of para-hydroxylation sites is 1. The molecule has 0 radical (unpaired) electrons. The highest BCUT2D eigenvalue weighted by molar-refractivity contribution is 6.32. The van der Waals surface area contributed by atoms with E-state index in [4.69, 9.17) is 25.5 Å². The molecule has 0 aliphatic heterocycles. The van der Waals surface area contributed by atoms with Crippen molar-refractivity contribution in [2.75, 3.05) is 0 Å². The fourth-order valence-electron chi connectivity index (χ4n) is 3.21. The summed E-state index contributed by atoms with van der Waals surface area (Å²) in [5, 5.41) is 0.445. The zero-order valence-corrected chi connectivity index (χ0v) is 18.3. The van der Waals surface area contributed by atoms with Crippen molar-refractivity contribution in [2.24, 2.45) is 0 Å². The van der Waals surface area contributed by atoms with Gasteiger partial charge < -0.3 is 13.9 Å². The fraction of sp³-hybridized carbons (Fsp3) is 0.0769. The van der Waals surface area contributed by atoms with Crippen LogP contribution in [0.2, 0.25) is 5.02 Å². The second kappa shape index (κ2) is 9.71. The number of hydrogen-bond donors (Lipinski definition) is 0. The lowest BCUT2D eigenvalue weighted by molar-refractivity contribution is -0.128. The smallest absolute Gasteiger partial charge is 0.336 e. The average Bonchev–Trinajstić information content (AvgIpc) is 2.81. The van der Waals surface area contributed by atoms with Crippen LogP contribution in [0.25, 0.3) is 17.0 Å². The number of rotatable bonds is 6. The first kappa shape index (κ1) is 22.3. The van der Waals surface area contributed by atoms with Gasteiger partial charge >= 0.3 is 5.97 Å². The number of carbonyl (C=O) groups excluding carboxylic acids is 1. The molecule has 0 bridgehead atoms. The molecule has 166 valence electrons. The van der Waals surface area contributed by atoms with Crippen molar-refractivity contribution in [1.29, 1.82) is 0 Å². The molecule has 0 spiro atoms. The Labute approximate surface area is 193 Å². The molecule has 0 saturated heterocycles. The summed E-state index contributed by atoms with van der Waals surface area (Å²) in [6.07, 6.45) is 4.27. The van der Waals surface area contributed by atoms with E-state index < -0.39 is 11.8 Å². The fourth-order valence-corrected chi connectivity index (χ4v) is 3.44. The quantitative estimate of drug-likeness (QED) is 0.184. The highest BCUT2D eigenvalue weighted by Gasteiger charge is 2.13. The Morgan fingerprint density at radius 2 is 1.91 bits per heavy atom. The second-order valence-electron chi connectivity index (χ2n) is 7.04. The number of carbonyl (C=O) groups is 1. The summed E-state index contributed by atoms with van der Waals surface area (Å²) in [4.78, 5) is 25.0. The summed E-state index contributed by atoms with van der Waals surface area (Å²) < 4.78 is 30.4. The van der Waals surface area contributed by atoms with Gasteiger partial charge in [-0.1, -0.05) is 42.8 Å². The van der Waals surface area contributed by atoms with Gasteiger partial charge in [0.1, 0.15) is 29.2 Å². The number of hydrogen-bond acceptors (Lipinski definition) is 5. The van der Waals surface area contributed by atoms with Crippen LogP contribution >= 0.6 is 11.6 Å². The summed E-state index contributed by atoms with van der Waals surface area (Å²) in [7, 11) is 0. The normalized spacial score (nSPS) is 11.1. The molecule has 0 aliphatic rings. The minimum absolute atomic E-state index is 0.0536. The van der Waals surface area contributed by atoms with E-state index in [1.807, 2.05) is 25.1 Å². The van der Waals surface area contributed by atoms with Crippen LogP contribution in [0.4, 0.5) is 4.39 Å². The number of ether oxygens (including phenoxy) is 2. The van der Waals surface area contributed by atoms with Crippen LogP contribution in [-0.4, -0.2) is 5.97 Å². The molecule has 5 nitrogen and oxygen atoms in total. The zero-order chi connectivity index (χ0) is 23.4. The van der Waals surface area contributed by atoms with Gasteiger partial charge in [0.2, 0.25) is 11.2 Å². The predicted molar refractivity (Wildman–Crippen MR) is 124 cm³/mol. The maximum atomic E-state index is 13.8. The molecule has 0 unspecified atom stereocenters. The van der Waals surface area contributed by atoms with Crippen LogP contribution in [0.5, 0.6) is 17.2 Å². The van der Waals surface area contributed by atoms with E-state index in [1.165, 1.54) is 48.7 Å². The first-order chi connectivity index (χ1) is 16.0. The van der Waals surface area contributed by atoms with Crippen LogP contribution in [0.3, 0.4) is 0 Å². The van der Waals surface area contributed by atoms with Gasteiger partial charge in [0.15, 0.2) is 0 Å². The zero-order valence-electron chi connectivity index (χ0n) is 17.5. The van der Waals surface area contributed by atoms with E-state index in [9.17, 15) is 14.0 Å². The van der Waals surface area contributed by atoms with E-state index in [0.29, 0.717) is 5.75 Å². The summed E-state index contributed by atoms with van der Waals surface area (Å²) in [5.41, 5.74) is 0.915. The van der Waals surface area contributed by atoms with Crippen molar-refractivity contribution >= 4 is 34.6 Å². The van der Waals surface area contributed by atoms with Gasteiger partial charge in [-0.05, 0) is 48.4 Å². The molecular formula is C26H18ClFO5. The van der Waals surface area contributed by atoms with Crippen molar-refractivity contribution in [3.8, 4) is 17.2 Å². The summed E-state index contributed by atoms with van der Waals surface area (Å²) in [5.74, 6) is -0.507. The number of halogens is 2. The monoisotopic (exact) mass is 464 g/mol. The average molecular weight is 465 g/mol. The Bertz CT molecular complexity index is 1400. The van der Waals surface area contributed by atoms with Crippen molar-refractivity contribution in [3.63, 3.8) is 0 Å². The maximum Gasteiger partial charge on any atom is 0.336 e. The largest absolute Gasteiger partial charge is 0.460 e. The van der Waals surface area contributed by atoms with Crippen molar-refractivity contribution in [2.45, 2.75) is 13.3 Å². The number of fused-ring (bicyclic) bond motifs is 1. The first-order valence-electron chi connectivity index (χ1n) is 10.1. The SMILES string of the molecule is CCc1ccccc1Oc1coc2cc(OC(=O)C=Cc3c(F)cccc3Cl)ccc2c1=O. The Kier molecular flexibility index (Phi) is 6.56. The lowest BCUT2D eigenvalue weighted by atomic mass is 10.1. The molecule has 0 fully saturated rings. The van der Waals surface area contributed by atoms with Crippen molar-refractivity contribution in [3.05, 3.63) is 105 Å². The summed E-state index contributed by atoms with van der Waals surface area (Å²) in [6.45, 7) is 1.99. The number of benzene rings is 3. The Morgan fingerprint density at radius 1 is 1.09 bits per heavy atom. The molecule has 0 atom stereocenters. The maximum absolute atomic E-state index is 13.8. The van der Waals surface area contributed by atoms with Crippen LogP contribution < -0.4 is 14.9 Å². The molecule has 1 heterocycles. The molecule has 0 N–H and O–H groups in total. The lowest BCUT2D eigenvalue weighted by Gasteiger charge is -2.09. The van der Waals surface area contributed by atoms with Crippen molar-refractivity contribution < 1.29 is 23.1 Å². The predicted octanol–water partition coefficient (Wildman–Crippen LogP) is 6.56. The summed E-state index contributed by atoms with van der Waals surface area (Å²) in [6, 6.07) is 16.0. The number of esters is 1. The highest BCUT2D eigenvalue weighted by Crippen LogP contribution is 2.27. The van der Waals surface area contributed by atoms with E-state index in [-0.39, 0.29) is 38.5 Å². The van der Waals surface area contributed by atoms with Gasteiger partial charge in [0.25, 0.3) is 0 Å². The van der Waals surface area contributed by atoms with Gasteiger partial charge in [-0.15, -0.1) is 0 Å². The third-order valence-corrected chi connectivity index (χ3v) is 5.22. The Morgan fingerprint density at radius 3 is 2.70 bits per heavy atom. The van der Waals surface area contributed by atoms with E-state index in [2.05, 4.69) is 0 Å². The van der Waals surface area contributed by atoms with Gasteiger partial charge in [-0.3, -0.25) is 4.79 Å². The molecule has 0 amide bonds. The van der Waals surface area contributed by atoms with Crippen LogP contribution in [-0.2, 0) is 11.2 Å². The third kappa shape index (κ3) is 4.96.